The number of benzene rings is 1. The molecule has 0 aliphatic heterocycles. The Balaban J connectivity index is 2.19. The molecular weight excluding hydrogens is 172 g/mol. The zero-order valence-corrected chi connectivity index (χ0v) is 8.33. The standard InChI is InChI=1S/C13H15O/c1-2-3-4-6-11-7-5-8-12-9-10-14-13(11)12/h5,7-10H,1-4,6H2. The van der Waals surface area contributed by atoms with Crippen molar-refractivity contribution in [3.05, 3.63) is 43.0 Å². The van der Waals surface area contributed by atoms with Crippen molar-refractivity contribution in [3.63, 3.8) is 0 Å². The number of rotatable bonds is 4. The van der Waals surface area contributed by atoms with E-state index in [1.165, 1.54) is 23.8 Å². The predicted molar refractivity (Wildman–Crippen MR) is 59.1 cm³/mol. The summed E-state index contributed by atoms with van der Waals surface area (Å²) in [6, 6.07) is 8.34. The molecule has 0 N–H and O–H groups in total. The van der Waals surface area contributed by atoms with Crippen LogP contribution in [0.4, 0.5) is 0 Å². The molecule has 0 amide bonds. The fourth-order valence-electron chi connectivity index (χ4n) is 1.74. The smallest absolute Gasteiger partial charge is 0.137 e. The lowest BCUT2D eigenvalue weighted by molar-refractivity contribution is 0.608. The van der Waals surface area contributed by atoms with Crippen molar-refractivity contribution in [2.75, 3.05) is 0 Å². The molecule has 0 saturated carbocycles. The van der Waals surface area contributed by atoms with Crippen molar-refractivity contribution in [2.24, 2.45) is 0 Å². The molecule has 0 aliphatic carbocycles. The van der Waals surface area contributed by atoms with Gasteiger partial charge in [0.15, 0.2) is 0 Å². The molecule has 1 radical (unpaired) electrons. The molecule has 0 spiro atoms. The van der Waals surface area contributed by atoms with Gasteiger partial charge in [-0.2, -0.15) is 0 Å². The number of para-hydroxylation sites is 1. The number of hydrogen-bond donors (Lipinski definition) is 0. The largest absolute Gasteiger partial charge is 0.464 e. The normalized spacial score (nSPS) is 10.9. The van der Waals surface area contributed by atoms with Crippen molar-refractivity contribution >= 4 is 11.0 Å². The zero-order valence-electron chi connectivity index (χ0n) is 8.33. The molecule has 1 aromatic carbocycles. The van der Waals surface area contributed by atoms with Crippen LogP contribution in [-0.4, -0.2) is 0 Å². The van der Waals surface area contributed by atoms with Crippen molar-refractivity contribution in [2.45, 2.75) is 25.7 Å². The van der Waals surface area contributed by atoms with E-state index >= 15 is 0 Å². The van der Waals surface area contributed by atoms with Crippen molar-refractivity contribution in [3.8, 4) is 0 Å². The van der Waals surface area contributed by atoms with Gasteiger partial charge < -0.3 is 4.42 Å². The van der Waals surface area contributed by atoms with E-state index in [9.17, 15) is 0 Å². The first-order valence-corrected chi connectivity index (χ1v) is 5.16. The SMILES string of the molecule is [CH2]CCCCc1cccc2ccoc12. The fourth-order valence-corrected chi connectivity index (χ4v) is 1.74. The average Bonchev–Trinajstić information content (AvgIpc) is 2.67. The molecule has 0 fully saturated rings. The lowest BCUT2D eigenvalue weighted by atomic mass is 10.1. The highest BCUT2D eigenvalue weighted by atomic mass is 16.3. The van der Waals surface area contributed by atoms with Crippen molar-refractivity contribution in [1.82, 2.24) is 0 Å². The molecule has 2 aromatic rings. The summed E-state index contributed by atoms with van der Waals surface area (Å²) in [5, 5.41) is 1.21. The van der Waals surface area contributed by atoms with Crippen molar-refractivity contribution < 1.29 is 4.42 Å². The summed E-state index contributed by atoms with van der Waals surface area (Å²) in [5.74, 6) is 0. The Morgan fingerprint density at radius 2 is 2.07 bits per heavy atom. The maximum absolute atomic E-state index is 5.46. The summed E-state index contributed by atoms with van der Waals surface area (Å²) >= 11 is 0. The third-order valence-corrected chi connectivity index (χ3v) is 2.51. The molecule has 1 heteroatoms. The van der Waals surface area contributed by atoms with E-state index < -0.39 is 0 Å². The van der Waals surface area contributed by atoms with Crippen molar-refractivity contribution in [1.29, 1.82) is 0 Å². The van der Waals surface area contributed by atoms with E-state index in [0.29, 0.717) is 0 Å². The molecule has 1 nitrogen and oxygen atoms in total. The summed E-state index contributed by atoms with van der Waals surface area (Å²) in [5.41, 5.74) is 2.37. The summed E-state index contributed by atoms with van der Waals surface area (Å²) < 4.78 is 5.46. The number of unbranched alkanes of at least 4 members (excludes halogenated alkanes) is 2. The Morgan fingerprint density at radius 1 is 1.14 bits per heavy atom. The minimum atomic E-state index is 1.02. The lowest BCUT2D eigenvalue weighted by Crippen LogP contribution is -1.85. The topological polar surface area (TPSA) is 13.1 Å². The molecular formula is C13H15O. The van der Waals surface area contributed by atoms with Crippen LogP contribution in [-0.2, 0) is 6.42 Å². The van der Waals surface area contributed by atoms with Gasteiger partial charge in [0.25, 0.3) is 0 Å². The van der Waals surface area contributed by atoms with Gasteiger partial charge in [-0.1, -0.05) is 38.0 Å². The van der Waals surface area contributed by atoms with Gasteiger partial charge in [-0.3, -0.25) is 0 Å². The molecule has 0 bridgehead atoms. The Labute approximate surface area is 84.7 Å². The maximum atomic E-state index is 5.46. The van der Waals surface area contributed by atoms with Crippen LogP contribution >= 0.6 is 0 Å². The minimum absolute atomic E-state index is 1.02. The quantitative estimate of drug-likeness (QED) is 0.660. The maximum Gasteiger partial charge on any atom is 0.137 e. The second-order valence-electron chi connectivity index (χ2n) is 3.57. The Bertz CT molecular complexity index is 400. The summed E-state index contributed by atoms with van der Waals surface area (Å²) in [6.07, 6.45) is 6.27. The van der Waals surface area contributed by atoms with Crippen LogP contribution < -0.4 is 0 Å². The first-order valence-electron chi connectivity index (χ1n) is 5.16. The van der Waals surface area contributed by atoms with Crippen LogP contribution in [0.2, 0.25) is 0 Å². The number of aryl methyl sites for hydroxylation is 1. The van der Waals surface area contributed by atoms with Gasteiger partial charge in [-0.25, -0.2) is 0 Å². The molecule has 1 aromatic heterocycles. The Morgan fingerprint density at radius 3 is 2.93 bits per heavy atom. The minimum Gasteiger partial charge on any atom is -0.464 e. The fraction of sp³-hybridized carbons (Fsp3) is 0.308. The molecule has 0 aliphatic rings. The summed E-state index contributed by atoms with van der Waals surface area (Å²) in [4.78, 5) is 0. The number of hydrogen-bond acceptors (Lipinski definition) is 1. The van der Waals surface area contributed by atoms with Gasteiger partial charge in [0.2, 0.25) is 0 Å². The van der Waals surface area contributed by atoms with Gasteiger partial charge in [0, 0.05) is 5.39 Å². The second-order valence-corrected chi connectivity index (χ2v) is 3.57. The van der Waals surface area contributed by atoms with E-state index in [0.717, 1.165) is 18.4 Å². The van der Waals surface area contributed by atoms with E-state index in [1.54, 1.807) is 6.26 Å². The van der Waals surface area contributed by atoms with E-state index in [2.05, 4.69) is 25.1 Å². The van der Waals surface area contributed by atoms with Gasteiger partial charge in [-0.05, 0) is 24.5 Å². The molecule has 0 saturated heterocycles. The van der Waals surface area contributed by atoms with Gasteiger partial charge in [-0.15, -0.1) is 0 Å². The second kappa shape index (κ2) is 4.32. The number of furan rings is 1. The number of fused-ring (bicyclic) bond motifs is 1. The molecule has 73 valence electrons. The van der Waals surface area contributed by atoms with Gasteiger partial charge in [0.05, 0.1) is 6.26 Å². The van der Waals surface area contributed by atoms with Crippen LogP contribution in [0, 0.1) is 6.92 Å². The van der Waals surface area contributed by atoms with E-state index in [1.807, 2.05) is 6.07 Å². The van der Waals surface area contributed by atoms with Crippen LogP contribution in [0.3, 0.4) is 0 Å². The van der Waals surface area contributed by atoms with Gasteiger partial charge >= 0.3 is 0 Å². The van der Waals surface area contributed by atoms with E-state index in [4.69, 9.17) is 4.42 Å². The molecule has 2 rings (SSSR count). The van der Waals surface area contributed by atoms with Crippen LogP contribution in [0.5, 0.6) is 0 Å². The third kappa shape index (κ3) is 1.82. The average molecular weight is 187 g/mol. The highest BCUT2D eigenvalue weighted by Gasteiger charge is 2.02. The van der Waals surface area contributed by atoms with Crippen LogP contribution in [0.25, 0.3) is 11.0 Å². The van der Waals surface area contributed by atoms with Crippen LogP contribution in [0.1, 0.15) is 24.8 Å². The van der Waals surface area contributed by atoms with E-state index in [-0.39, 0.29) is 0 Å². The molecule has 14 heavy (non-hydrogen) atoms. The predicted octanol–water partition coefficient (Wildman–Crippen LogP) is 3.98. The molecule has 0 unspecified atom stereocenters. The van der Waals surface area contributed by atoms with Gasteiger partial charge in [0.1, 0.15) is 5.58 Å². The lowest BCUT2D eigenvalue weighted by Gasteiger charge is -2.00. The summed E-state index contributed by atoms with van der Waals surface area (Å²) in [7, 11) is 0. The highest BCUT2D eigenvalue weighted by Crippen LogP contribution is 2.21. The van der Waals surface area contributed by atoms with Crippen LogP contribution in [0.15, 0.2) is 34.9 Å². The summed E-state index contributed by atoms with van der Waals surface area (Å²) in [6.45, 7) is 3.85. The highest BCUT2D eigenvalue weighted by molar-refractivity contribution is 5.80. The monoisotopic (exact) mass is 187 g/mol. The Hall–Kier alpha value is -1.24. The first kappa shape index (κ1) is 9.32. The zero-order chi connectivity index (χ0) is 9.80. The first-order chi connectivity index (χ1) is 6.92. The third-order valence-electron chi connectivity index (χ3n) is 2.51. The molecule has 0 atom stereocenters. The molecule has 1 heterocycles. The Kier molecular flexibility index (Phi) is 2.87.